The maximum atomic E-state index is 13.3. The van der Waals surface area contributed by atoms with Gasteiger partial charge >= 0.3 is 0 Å². The number of hydrogen-bond acceptors (Lipinski definition) is 5. The number of carbonyl (C=O) groups excluding carboxylic acids is 2. The van der Waals surface area contributed by atoms with Gasteiger partial charge in [-0.2, -0.15) is 11.3 Å². The first kappa shape index (κ1) is 19.8. The Morgan fingerprint density at radius 2 is 1.97 bits per heavy atom. The molecule has 0 spiro atoms. The average molecular weight is 415 g/mol. The van der Waals surface area contributed by atoms with Crippen molar-refractivity contribution in [1.29, 1.82) is 0 Å². The van der Waals surface area contributed by atoms with E-state index in [1.54, 1.807) is 23.2 Å². The van der Waals surface area contributed by atoms with Gasteiger partial charge in [0.2, 0.25) is 11.8 Å². The lowest BCUT2D eigenvalue weighted by atomic mass is 9.92. The van der Waals surface area contributed by atoms with Crippen molar-refractivity contribution in [2.45, 2.75) is 45.1 Å². The molecule has 2 aliphatic heterocycles. The Kier molecular flexibility index (Phi) is 5.80. The SMILES string of the molecule is CC(=O)N1CCC(C(=O)N2CCCC[C@H]2c2nc(-c3ccsc3)cc(=O)[nH]2)CC1. The molecule has 0 saturated carbocycles. The number of thiophene rings is 1. The van der Waals surface area contributed by atoms with Crippen molar-refractivity contribution >= 4 is 23.2 Å². The average Bonchev–Trinajstić information content (AvgIpc) is 3.28. The lowest BCUT2D eigenvalue weighted by molar-refractivity contribution is -0.143. The smallest absolute Gasteiger partial charge is 0.251 e. The Balaban J connectivity index is 1.56. The summed E-state index contributed by atoms with van der Waals surface area (Å²) in [5.41, 5.74) is 1.38. The zero-order chi connectivity index (χ0) is 20.4. The Morgan fingerprint density at radius 1 is 1.17 bits per heavy atom. The van der Waals surface area contributed by atoms with Gasteiger partial charge in [0.25, 0.3) is 5.56 Å². The summed E-state index contributed by atoms with van der Waals surface area (Å²) in [5, 5.41) is 3.93. The molecular weight excluding hydrogens is 388 g/mol. The molecule has 4 rings (SSSR count). The second-order valence-electron chi connectivity index (χ2n) is 7.85. The van der Waals surface area contributed by atoms with Crippen LogP contribution in [0.5, 0.6) is 0 Å². The highest BCUT2D eigenvalue weighted by atomic mass is 32.1. The first-order valence-electron chi connectivity index (χ1n) is 10.2. The standard InChI is InChI=1S/C21H26N4O3S/c1-14(26)24-9-5-15(6-10-24)21(28)25-8-3-2-4-18(25)20-22-17(12-19(27)23-20)16-7-11-29-13-16/h7,11-13,15,18H,2-6,8-10H2,1H3,(H,22,23,27)/t18-/m0/s1. The van der Waals surface area contributed by atoms with Gasteiger partial charge in [0.05, 0.1) is 11.7 Å². The summed E-state index contributed by atoms with van der Waals surface area (Å²) in [6.07, 6.45) is 4.15. The van der Waals surface area contributed by atoms with Crippen LogP contribution in [0.2, 0.25) is 0 Å². The van der Waals surface area contributed by atoms with Gasteiger partial charge in [-0.1, -0.05) is 0 Å². The first-order chi connectivity index (χ1) is 14.0. The molecule has 4 heterocycles. The monoisotopic (exact) mass is 414 g/mol. The molecule has 8 heteroatoms. The molecule has 154 valence electrons. The van der Waals surface area contributed by atoms with Crippen LogP contribution in [-0.4, -0.2) is 51.2 Å². The Hall–Kier alpha value is -2.48. The second-order valence-corrected chi connectivity index (χ2v) is 8.63. The highest BCUT2D eigenvalue weighted by Crippen LogP contribution is 2.32. The molecule has 2 saturated heterocycles. The first-order valence-corrected chi connectivity index (χ1v) is 11.2. The van der Waals surface area contributed by atoms with Crippen molar-refractivity contribution in [2.24, 2.45) is 5.92 Å². The molecule has 0 unspecified atom stereocenters. The molecule has 0 bridgehead atoms. The molecule has 2 amide bonds. The predicted molar refractivity (Wildman–Crippen MR) is 111 cm³/mol. The number of rotatable bonds is 3. The van der Waals surface area contributed by atoms with E-state index in [9.17, 15) is 14.4 Å². The van der Waals surface area contributed by atoms with Crippen LogP contribution in [0, 0.1) is 5.92 Å². The lowest BCUT2D eigenvalue weighted by Gasteiger charge is -2.39. The number of carbonyl (C=O) groups is 2. The highest BCUT2D eigenvalue weighted by Gasteiger charge is 2.35. The number of amides is 2. The summed E-state index contributed by atoms with van der Waals surface area (Å²) in [5.74, 6) is 0.700. The maximum Gasteiger partial charge on any atom is 0.251 e. The van der Waals surface area contributed by atoms with Gasteiger partial charge in [-0.3, -0.25) is 14.4 Å². The van der Waals surface area contributed by atoms with Crippen molar-refractivity contribution < 1.29 is 9.59 Å². The minimum Gasteiger partial charge on any atom is -0.343 e. The lowest BCUT2D eigenvalue weighted by Crippen LogP contribution is -2.46. The van der Waals surface area contributed by atoms with Gasteiger partial charge in [-0.05, 0) is 43.6 Å². The fraction of sp³-hybridized carbons (Fsp3) is 0.524. The van der Waals surface area contributed by atoms with Crippen LogP contribution in [0.4, 0.5) is 0 Å². The summed E-state index contributed by atoms with van der Waals surface area (Å²) in [7, 11) is 0. The molecule has 0 radical (unpaired) electrons. The maximum absolute atomic E-state index is 13.3. The third-order valence-corrected chi connectivity index (χ3v) is 6.65. The number of piperidine rings is 2. The van der Waals surface area contributed by atoms with E-state index < -0.39 is 0 Å². The van der Waals surface area contributed by atoms with Crippen molar-refractivity contribution in [1.82, 2.24) is 19.8 Å². The minimum absolute atomic E-state index is 0.0683. The molecule has 29 heavy (non-hydrogen) atoms. The van der Waals surface area contributed by atoms with E-state index in [2.05, 4.69) is 4.98 Å². The molecule has 2 aromatic rings. The largest absolute Gasteiger partial charge is 0.343 e. The van der Waals surface area contributed by atoms with E-state index in [0.717, 1.165) is 24.8 Å². The van der Waals surface area contributed by atoms with Gasteiger partial charge in [0.1, 0.15) is 5.82 Å². The molecule has 0 aliphatic carbocycles. The fourth-order valence-electron chi connectivity index (χ4n) is 4.35. The Labute approximate surface area is 173 Å². The summed E-state index contributed by atoms with van der Waals surface area (Å²) in [6.45, 7) is 3.52. The Morgan fingerprint density at radius 3 is 2.66 bits per heavy atom. The molecular formula is C21H26N4O3S. The summed E-state index contributed by atoms with van der Waals surface area (Å²) in [4.78, 5) is 48.5. The number of aromatic nitrogens is 2. The zero-order valence-corrected chi connectivity index (χ0v) is 17.4. The van der Waals surface area contributed by atoms with Crippen molar-refractivity contribution in [3.05, 3.63) is 39.1 Å². The van der Waals surface area contributed by atoms with Crippen molar-refractivity contribution in [2.75, 3.05) is 19.6 Å². The van der Waals surface area contributed by atoms with E-state index in [4.69, 9.17) is 4.98 Å². The van der Waals surface area contributed by atoms with Crippen LogP contribution in [0.3, 0.4) is 0 Å². The van der Waals surface area contributed by atoms with Gasteiger partial charge in [0, 0.05) is 49.5 Å². The molecule has 1 N–H and O–H groups in total. The summed E-state index contributed by atoms with van der Waals surface area (Å²) < 4.78 is 0. The van der Waals surface area contributed by atoms with E-state index >= 15 is 0 Å². The number of likely N-dealkylation sites (tertiary alicyclic amines) is 2. The fourth-order valence-corrected chi connectivity index (χ4v) is 5.00. The van der Waals surface area contributed by atoms with Gasteiger partial charge < -0.3 is 14.8 Å². The van der Waals surface area contributed by atoms with Crippen LogP contribution in [-0.2, 0) is 9.59 Å². The molecule has 2 fully saturated rings. The third-order valence-electron chi connectivity index (χ3n) is 5.97. The molecule has 2 aromatic heterocycles. The topological polar surface area (TPSA) is 86.4 Å². The number of nitrogens with one attached hydrogen (secondary N) is 1. The summed E-state index contributed by atoms with van der Waals surface area (Å²) in [6, 6.07) is 3.26. The molecule has 0 aromatic carbocycles. The quantitative estimate of drug-likeness (QED) is 0.837. The molecule has 1 atom stereocenters. The molecule has 7 nitrogen and oxygen atoms in total. The van der Waals surface area contributed by atoms with E-state index in [1.807, 2.05) is 21.7 Å². The Bertz CT molecular complexity index is 932. The van der Waals surface area contributed by atoms with Crippen LogP contribution in [0.25, 0.3) is 11.3 Å². The number of H-pyrrole nitrogens is 1. The van der Waals surface area contributed by atoms with E-state index in [-0.39, 0.29) is 29.3 Å². The predicted octanol–water partition coefficient (Wildman–Crippen LogP) is 2.81. The van der Waals surface area contributed by atoms with Crippen LogP contribution in [0.1, 0.15) is 50.9 Å². The van der Waals surface area contributed by atoms with Gasteiger partial charge in [-0.25, -0.2) is 4.98 Å². The number of nitrogens with zero attached hydrogens (tertiary/aromatic N) is 3. The normalized spacial score (nSPS) is 20.7. The van der Waals surface area contributed by atoms with Gasteiger partial charge in [-0.15, -0.1) is 0 Å². The van der Waals surface area contributed by atoms with Crippen LogP contribution in [0.15, 0.2) is 27.7 Å². The molecule has 2 aliphatic rings. The number of hydrogen-bond donors (Lipinski definition) is 1. The van der Waals surface area contributed by atoms with Gasteiger partial charge in [0.15, 0.2) is 0 Å². The van der Waals surface area contributed by atoms with Crippen LogP contribution < -0.4 is 5.56 Å². The van der Waals surface area contributed by atoms with Crippen molar-refractivity contribution in [3.63, 3.8) is 0 Å². The summed E-state index contributed by atoms with van der Waals surface area (Å²) >= 11 is 1.56. The van der Waals surface area contributed by atoms with E-state index in [1.165, 1.54) is 6.07 Å². The highest BCUT2D eigenvalue weighted by molar-refractivity contribution is 7.08. The zero-order valence-electron chi connectivity index (χ0n) is 16.6. The number of aromatic amines is 1. The van der Waals surface area contributed by atoms with Crippen molar-refractivity contribution in [3.8, 4) is 11.3 Å². The van der Waals surface area contributed by atoms with Crippen LogP contribution >= 0.6 is 11.3 Å². The second kappa shape index (κ2) is 8.49. The van der Waals surface area contributed by atoms with E-state index in [0.29, 0.717) is 44.0 Å². The third kappa shape index (κ3) is 4.27. The minimum atomic E-state index is -0.201.